The summed E-state index contributed by atoms with van der Waals surface area (Å²) in [6, 6.07) is 8.76. The van der Waals surface area contributed by atoms with E-state index in [1.807, 2.05) is 20.2 Å². The molecule has 1 N–H and O–H groups in total. The fraction of sp³-hybridized carbons (Fsp3) is 0.353. The van der Waals surface area contributed by atoms with Crippen LogP contribution in [0.15, 0.2) is 34.9 Å². The van der Waals surface area contributed by atoms with Gasteiger partial charge in [-0.3, -0.25) is 4.98 Å². The van der Waals surface area contributed by atoms with Crippen molar-refractivity contribution in [2.75, 3.05) is 13.7 Å². The molecular formula is C17H19BrN2O. The number of rotatable bonds is 4. The predicted molar refractivity (Wildman–Crippen MR) is 87.8 cm³/mol. The monoisotopic (exact) mass is 346 g/mol. The highest BCUT2D eigenvalue weighted by Crippen LogP contribution is 2.35. The maximum absolute atomic E-state index is 5.82. The highest BCUT2D eigenvalue weighted by atomic mass is 79.9. The van der Waals surface area contributed by atoms with Gasteiger partial charge in [-0.05, 0) is 55.3 Å². The third-order valence-corrected chi connectivity index (χ3v) is 4.39. The highest BCUT2D eigenvalue weighted by Gasteiger charge is 2.20. The molecule has 1 aromatic heterocycles. The Morgan fingerprint density at radius 1 is 1.38 bits per heavy atom. The van der Waals surface area contributed by atoms with E-state index in [1.54, 1.807) is 0 Å². The third kappa shape index (κ3) is 3.11. The van der Waals surface area contributed by atoms with Gasteiger partial charge in [0.2, 0.25) is 0 Å². The molecule has 0 saturated carbocycles. The molecule has 1 aliphatic heterocycles. The molecule has 110 valence electrons. The van der Waals surface area contributed by atoms with Crippen LogP contribution in [0.3, 0.4) is 0 Å². The number of aromatic nitrogens is 1. The summed E-state index contributed by atoms with van der Waals surface area (Å²) < 4.78 is 6.94. The molecule has 0 saturated heterocycles. The van der Waals surface area contributed by atoms with Gasteiger partial charge in [0.1, 0.15) is 5.75 Å². The maximum atomic E-state index is 5.82. The van der Waals surface area contributed by atoms with Crippen LogP contribution in [0, 0.1) is 6.92 Å². The van der Waals surface area contributed by atoms with Crippen molar-refractivity contribution in [1.29, 1.82) is 0 Å². The van der Waals surface area contributed by atoms with Crippen LogP contribution in [-0.4, -0.2) is 18.6 Å². The Balaban J connectivity index is 1.89. The second kappa shape index (κ2) is 6.16. The van der Waals surface area contributed by atoms with Gasteiger partial charge in [-0.2, -0.15) is 0 Å². The van der Waals surface area contributed by atoms with E-state index in [0.717, 1.165) is 35.4 Å². The van der Waals surface area contributed by atoms with Gasteiger partial charge in [0.15, 0.2) is 0 Å². The van der Waals surface area contributed by atoms with Gasteiger partial charge in [0.05, 0.1) is 6.61 Å². The predicted octanol–water partition coefficient (Wildman–Crippen LogP) is 3.59. The van der Waals surface area contributed by atoms with Crippen molar-refractivity contribution in [2.24, 2.45) is 0 Å². The Morgan fingerprint density at radius 3 is 2.95 bits per heavy atom. The van der Waals surface area contributed by atoms with Crippen LogP contribution < -0.4 is 10.1 Å². The topological polar surface area (TPSA) is 34.1 Å². The number of likely N-dealkylation sites (N-methyl/N-ethyl adjacent to an activating group) is 1. The molecule has 2 heterocycles. The summed E-state index contributed by atoms with van der Waals surface area (Å²) in [7, 11) is 1.99. The quantitative estimate of drug-likeness (QED) is 0.918. The molecule has 3 rings (SSSR count). The fourth-order valence-corrected chi connectivity index (χ4v) is 3.34. The Morgan fingerprint density at radius 2 is 2.24 bits per heavy atom. The van der Waals surface area contributed by atoms with E-state index in [9.17, 15) is 0 Å². The molecule has 21 heavy (non-hydrogen) atoms. The van der Waals surface area contributed by atoms with Gasteiger partial charge >= 0.3 is 0 Å². The Bertz CT molecular complexity index is 640. The molecule has 3 nitrogen and oxygen atoms in total. The molecule has 0 fully saturated rings. The number of halogens is 1. The first-order valence-electron chi connectivity index (χ1n) is 7.21. The van der Waals surface area contributed by atoms with E-state index >= 15 is 0 Å². The van der Waals surface area contributed by atoms with Crippen molar-refractivity contribution in [3.63, 3.8) is 0 Å². The molecule has 0 spiro atoms. The zero-order valence-corrected chi connectivity index (χ0v) is 13.9. The zero-order chi connectivity index (χ0) is 14.8. The summed E-state index contributed by atoms with van der Waals surface area (Å²) >= 11 is 3.61. The minimum atomic E-state index is 0.237. The van der Waals surface area contributed by atoms with Gasteiger partial charge in [-0.1, -0.05) is 22.0 Å². The summed E-state index contributed by atoms with van der Waals surface area (Å²) in [4.78, 5) is 4.40. The van der Waals surface area contributed by atoms with E-state index < -0.39 is 0 Å². The number of pyridine rings is 1. The lowest BCUT2D eigenvalue weighted by molar-refractivity contribution is 0.352. The van der Waals surface area contributed by atoms with Gasteiger partial charge in [-0.15, -0.1) is 0 Å². The molecule has 0 bridgehead atoms. The van der Waals surface area contributed by atoms with Crippen molar-refractivity contribution in [1.82, 2.24) is 10.3 Å². The Labute approximate surface area is 133 Å². The van der Waals surface area contributed by atoms with Crippen molar-refractivity contribution in [3.8, 4) is 5.75 Å². The van der Waals surface area contributed by atoms with Gasteiger partial charge in [0, 0.05) is 28.8 Å². The lowest BCUT2D eigenvalue weighted by atomic mass is 9.97. The van der Waals surface area contributed by atoms with Crippen molar-refractivity contribution >= 4 is 15.9 Å². The molecule has 1 atom stereocenters. The van der Waals surface area contributed by atoms with Crippen molar-refractivity contribution in [3.05, 3.63) is 57.3 Å². The van der Waals surface area contributed by atoms with Crippen LogP contribution in [0.4, 0.5) is 0 Å². The Hall–Kier alpha value is -1.39. The fourth-order valence-electron chi connectivity index (χ4n) is 2.79. The van der Waals surface area contributed by atoms with Crippen LogP contribution in [0.5, 0.6) is 5.75 Å². The first-order chi connectivity index (χ1) is 10.2. The molecule has 0 radical (unpaired) electrons. The largest absolute Gasteiger partial charge is 0.493 e. The lowest BCUT2D eigenvalue weighted by Gasteiger charge is -2.18. The number of aryl methyl sites for hydroxylation is 1. The minimum Gasteiger partial charge on any atom is -0.493 e. The molecular weight excluding hydrogens is 328 g/mol. The molecule has 0 amide bonds. The first kappa shape index (κ1) is 14.5. The summed E-state index contributed by atoms with van der Waals surface area (Å²) in [6.45, 7) is 2.79. The van der Waals surface area contributed by atoms with Crippen LogP contribution in [0.2, 0.25) is 0 Å². The molecule has 1 unspecified atom stereocenters. The average Bonchev–Trinajstić information content (AvgIpc) is 2.94. The number of hydrogen-bond acceptors (Lipinski definition) is 3. The number of benzene rings is 1. The van der Waals surface area contributed by atoms with E-state index in [1.165, 1.54) is 16.7 Å². The summed E-state index contributed by atoms with van der Waals surface area (Å²) in [6.07, 6.45) is 3.84. The van der Waals surface area contributed by atoms with Crippen LogP contribution in [0.1, 0.15) is 28.4 Å². The van der Waals surface area contributed by atoms with Gasteiger partial charge in [-0.25, -0.2) is 0 Å². The van der Waals surface area contributed by atoms with Crippen LogP contribution >= 0.6 is 15.9 Å². The molecule has 2 aromatic rings. The summed E-state index contributed by atoms with van der Waals surface area (Å²) in [5.74, 6) is 1.07. The molecule has 1 aromatic carbocycles. The van der Waals surface area contributed by atoms with E-state index in [2.05, 4.69) is 50.5 Å². The zero-order valence-electron chi connectivity index (χ0n) is 12.3. The lowest BCUT2D eigenvalue weighted by Crippen LogP contribution is -2.19. The number of nitrogens with zero attached hydrogens (tertiary/aromatic N) is 1. The molecule has 0 aliphatic carbocycles. The van der Waals surface area contributed by atoms with E-state index in [-0.39, 0.29) is 6.04 Å². The van der Waals surface area contributed by atoms with Crippen LogP contribution in [-0.2, 0) is 12.8 Å². The van der Waals surface area contributed by atoms with Crippen molar-refractivity contribution < 1.29 is 4.74 Å². The van der Waals surface area contributed by atoms with Crippen LogP contribution in [0.25, 0.3) is 0 Å². The smallest absolute Gasteiger partial charge is 0.125 e. The maximum Gasteiger partial charge on any atom is 0.125 e. The molecule has 1 aliphatic rings. The summed E-state index contributed by atoms with van der Waals surface area (Å²) in [5, 5.41) is 3.39. The van der Waals surface area contributed by atoms with E-state index in [0.29, 0.717) is 0 Å². The third-order valence-electron chi connectivity index (χ3n) is 3.93. The number of ether oxygens (including phenoxy) is 1. The summed E-state index contributed by atoms with van der Waals surface area (Å²) in [5.41, 5.74) is 4.79. The number of fused-ring (bicyclic) bond motifs is 1. The van der Waals surface area contributed by atoms with Crippen molar-refractivity contribution in [2.45, 2.75) is 25.8 Å². The standard InChI is InChI=1S/C17H19BrN2O/c1-11-3-4-13(10-20-11)16(19-2)9-14-8-15(18)7-12-5-6-21-17(12)14/h3-4,7-8,10,16,19H,5-6,9H2,1-2H3. The number of nitrogens with one attached hydrogen (secondary N) is 1. The Kier molecular flexibility index (Phi) is 4.27. The second-order valence-electron chi connectivity index (χ2n) is 5.43. The molecule has 4 heteroatoms. The van der Waals surface area contributed by atoms with Gasteiger partial charge < -0.3 is 10.1 Å². The van der Waals surface area contributed by atoms with Gasteiger partial charge in [0.25, 0.3) is 0 Å². The van der Waals surface area contributed by atoms with E-state index in [4.69, 9.17) is 4.74 Å². The number of hydrogen-bond donors (Lipinski definition) is 1. The normalized spacial score (nSPS) is 14.6. The highest BCUT2D eigenvalue weighted by molar-refractivity contribution is 9.10. The minimum absolute atomic E-state index is 0.237. The first-order valence-corrected chi connectivity index (χ1v) is 8.00. The average molecular weight is 347 g/mol. The second-order valence-corrected chi connectivity index (χ2v) is 6.35. The SMILES string of the molecule is CNC(Cc1cc(Br)cc2c1OCC2)c1ccc(C)nc1.